The van der Waals surface area contributed by atoms with Crippen molar-refractivity contribution in [2.45, 2.75) is 0 Å². The van der Waals surface area contributed by atoms with Crippen LogP contribution in [0.1, 0.15) is 0 Å². The molecule has 0 rings (SSSR count). The van der Waals surface area contributed by atoms with Gasteiger partial charge in [-0.05, 0) is 0 Å². The van der Waals surface area contributed by atoms with E-state index in [0.717, 1.165) is 0 Å². The molecule has 15 heavy (non-hydrogen) atoms. The summed E-state index contributed by atoms with van der Waals surface area (Å²) < 4.78 is 0. The first-order valence-corrected chi connectivity index (χ1v) is 1.61. The van der Waals surface area contributed by atoms with E-state index in [4.69, 9.17) is 35.1 Å². The monoisotopic (exact) mass is 270 g/mol. The van der Waals surface area contributed by atoms with E-state index < -0.39 is 17.0 Å². The molecule has 0 aliphatic carbocycles. The van der Waals surface area contributed by atoms with Gasteiger partial charge in [0.25, 0.3) is 0 Å². The molecule has 1 radical (unpaired) electrons. The normalized spacial score (nSPS) is 4.53. The van der Waals surface area contributed by atoms with Gasteiger partial charge in [0.05, 0.1) is 17.0 Å². The van der Waals surface area contributed by atoms with Gasteiger partial charge < -0.3 is 59.7 Å². The fourth-order valence-electron chi connectivity index (χ4n) is 0. The van der Waals surface area contributed by atoms with Crippen molar-refractivity contribution in [1.82, 2.24) is 24.6 Å². The largest absolute Gasteiger partial charge is 3.00 e. The fourth-order valence-corrected chi connectivity index (χ4v) is 0. The molecule has 0 saturated heterocycles. The average Bonchev–Trinajstić information content (AvgIpc) is 1.63. The van der Waals surface area contributed by atoms with Crippen molar-refractivity contribution in [1.29, 1.82) is 0 Å². The number of carboxylic acid groups (broad SMARTS) is 2. The molecule has 0 bridgehead atoms. The first-order chi connectivity index (χ1) is 4.37. The second-order valence-electron chi connectivity index (χ2n) is 0.799. The molecule has 13 heteroatoms. The number of aliphatic carboxylic acids is 2. The van der Waals surface area contributed by atoms with Crippen LogP contribution < -0.4 is 34.8 Å². The number of carboxylic acids is 2. The Balaban J connectivity index is -0.0000000133. The molecular weight excluding hydrogens is 258 g/mol. The molecule has 0 aliphatic rings. The van der Waals surface area contributed by atoms with Crippen LogP contribution in [-0.4, -0.2) is 17.0 Å². The van der Waals surface area contributed by atoms with Crippen LogP contribution >= 0.6 is 0 Å². The van der Waals surface area contributed by atoms with E-state index in [1.54, 1.807) is 0 Å². The molecule has 0 heterocycles. The molecule has 0 saturated carbocycles. The van der Waals surface area contributed by atoms with Gasteiger partial charge in [0.2, 0.25) is 0 Å². The van der Waals surface area contributed by atoms with Gasteiger partial charge in [-0.1, -0.05) is 0 Å². The number of carbonyl (C=O) groups is 2. The minimum atomic E-state index is -2.19. The van der Waals surface area contributed by atoms with E-state index in [0.29, 0.717) is 0 Å². The zero-order valence-electron chi connectivity index (χ0n) is 7.54. The molecule has 0 aliphatic heterocycles. The maximum Gasteiger partial charge on any atom is 3.00 e. The van der Waals surface area contributed by atoms with Crippen LogP contribution in [0.2, 0.25) is 0 Å². The van der Waals surface area contributed by atoms with Crippen LogP contribution in [0.5, 0.6) is 0 Å². The molecule has 0 spiro atoms. The Hall–Kier alpha value is -1.49. The predicted molar refractivity (Wildman–Crippen MR) is 40.5 cm³/mol. The van der Waals surface area contributed by atoms with Gasteiger partial charge in [0, 0.05) is 0 Å². The van der Waals surface area contributed by atoms with E-state index in [2.05, 4.69) is 0 Å². The fraction of sp³-hybridized carbons (Fsp3) is 0. The van der Waals surface area contributed by atoms with Gasteiger partial charge in [-0.25, -0.2) is 0 Å². The number of rotatable bonds is 0. The van der Waals surface area contributed by atoms with Crippen molar-refractivity contribution in [2.24, 2.45) is 0 Å². The SMILES string of the molecule is N.N.N.N.O=C([O-])C(=O)[O-].O=[N+]([O-])[O-].[Cr+3]. The first-order valence-electron chi connectivity index (χ1n) is 1.61. The zero-order valence-corrected chi connectivity index (χ0v) is 8.82. The van der Waals surface area contributed by atoms with Crippen LogP contribution in [0, 0.1) is 15.3 Å². The van der Waals surface area contributed by atoms with Gasteiger partial charge in [0.15, 0.2) is 0 Å². The molecule has 0 aromatic carbocycles. The Bertz CT molecular complexity index is 147. The summed E-state index contributed by atoms with van der Waals surface area (Å²) >= 11 is 0. The summed E-state index contributed by atoms with van der Waals surface area (Å²) in [4.78, 5) is 26.1. The van der Waals surface area contributed by atoms with Crippen molar-refractivity contribution >= 4 is 11.9 Å². The minimum Gasteiger partial charge on any atom is -0.543 e. The second-order valence-corrected chi connectivity index (χ2v) is 0.799. The van der Waals surface area contributed by atoms with Crippen LogP contribution in [0.15, 0.2) is 0 Å². The van der Waals surface area contributed by atoms with E-state index in [-0.39, 0.29) is 42.0 Å². The maximum atomic E-state index is 8.93. The minimum absolute atomic E-state index is 0. The number of hydrogen-bond donors (Lipinski definition) is 4. The smallest absolute Gasteiger partial charge is 0.543 e. The zero-order chi connectivity index (χ0) is 8.73. The summed E-state index contributed by atoms with van der Waals surface area (Å²) in [7, 11) is 0. The Kier molecular flexibility index (Phi) is 97.7. The topological polar surface area (TPSA) is 286 Å². The van der Waals surface area contributed by atoms with Gasteiger partial charge in [-0.2, -0.15) is 0 Å². The third-order valence-electron chi connectivity index (χ3n) is 0.167. The Morgan fingerprint density at radius 1 is 0.800 bits per heavy atom. The molecule has 0 aromatic heterocycles. The summed E-state index contributed by atoms with van der Waals surface area (Å²) in [6.45, 7) is 0. The molecule has 0 atom stereocenters. The molecule has 12 N–H and O–H groups in total. The summed E-state index contributed by atoms with van der Waals surface area (Å²) in [5.74, 6) is -4.37. The summed E-state index contributed by atoms with van der Waals surface area (Å²) in [6, 6.07) is 0. The average molecular weight is 270 g/mol. The summed E-state index contributed by atoms with van der Waals surface area (Å²) in [6.07, 6.45) is 0. The molecular formula is C2H12CrN5O7. The number of carbonyl (C=O) groups excluding carboxylic acids is 2. The molecule has 0 aromatic rings. The van der Waals surface area contributed by atoms with Gasteiger partial charge in [-0.15, -0.1) is 0 Å². The van der Waals surface area contributed by atoms with Gasteiger partial charge >= 0.3 is 17.4 Å². The molecule has 12 nitrogen and oxygen atoms in total. The molecule has 0 amide bonds. The third-order valence-corrected chi connectivity index (χ3v) is 0.167. The van der Waals surface area contributed by atoms with E-state index in [1.807, 2.05) is 0 Å². The van der Waals surface area contributed by atoms with E-state index in [9.17, 15) is 0 Å². The van der Waals surface area contributed by atoms with Crippen LogP contribution in [0.4, 0.5) is 0 Å². The van der Waals surface area contributed by atoms with Gasteiger partial charge in [-0.3, -0.25) is 0 Å². The summed E-state index contributed by atoms with van der Waals surface area (Å²) in [5.41, 5.74) is 0. The van der Waals surface area contributed by atoms with Crippen LogP contribution in [0.25, 0.3) is 0 Å². The standard InChI is InChI=1S/C2H2O4.Cr.NO3.4H3N/c3-1(4)2(5)6;;2-1(3)4;;;;/h(H,3,4)(H,5,6);;;4*1H3/q;+3;-1;;;;/p-2. The van der Waals surface area contributed by atoms with E-state index in [1.165, 1.54) is 0 Å². The summed E-state index contributed by atoms with van der Waals surface area (Å²) in [5, 5.41) is 32.6. The molecule has 0 fully saturated rings. The molecule has 0 unspecified atom stereocenters. The van der Waals surface area contributed by atoms with Crippen LogP contribution in [0.3, 0.4) is 0 Å². The number of nitrogens with zero attached hydrogens (tertiary/aromatic N) is 1. The van der Waals surface area contributed by atoms with Crippen molar-refractivity contribution < 1.29 is 42.2 Å². The van der Waals surface area contributed by atoms with Gasteiger partial charge in [0.1, 0.15) is 0 Å². The second kappa shape index (κ2) is 29.4. The van der Waals surface area contributed by atoms with Crippen LogP contribution in [-0.2, 0) is 27.0 Å². The maximum absolute atomic E-state index is 8.93. The Labute approximate surface area is 94.8 Å². The predicted octanol–water partition coefficient (Wildman–Crippen LogP) is -3.11. The van der Waals surface area contributed by atoms with Crippen molar-refractivity contribution in [3.05, 3.63) is 15.3 Å². The number of hydrogen-bond acceptors (Lipinski definition) is 11. The van der Waals surface area contributed by atoms with Crippen molar-refractivity contribution in [3.63, 3.8) is 0 Å². The molecule has 93 valence electrons. The van der Waals surface area contributed by atoms with Crippen molar-refractivity contribution in [2.75, 3.05) is 0 Å². The first kappa shape index (κ1) is 49.9. The quantitative estimate of drug-likeness (QED) is 0.194. The van der Waals surface area contributed by atoms with E-state index >= 15 is 0 Å². The Morgan fingerprint density at radius 2 is 0.867 bits per heavy atom. The van der Waals surface area contributed by atoms with Crippen molar-refractivity contribution in [3.8, 4) is 0 Å². The Morgan fingerprint density at radius 3 is 0.867 bits per heavy atom. The third kappa shape index (κ3) is 219.